The van der Waals surface area contributed by atoms with Crippen molar-refractivity contribution in [3.63, 3.8) is 0 Å². The SMILES string of the molecule is CC[C@H]1O[C@@H](NC(=S)N/N=C/c2ccccc2O)[C@H](O)[C@@H](O)[C@@H]1O. The van der Waals surface area contributed by atoms with Gasteiger partial charge in [-0.2, -0.15) is 5.10 Å². The molecule has 0 amide bonds. The zero-order valence-electron chi connectivity index (χ0n) is 13.0. The Morgan fingerprint density at radius 1 is 1.25 bits per heavy atom. The molecule has 1 aromatic carbocycles. The monoisotopic (exact) mass is 355 g/mol. The van der Waals surface area contributed by atoms with E-state index < -0.39 is 30.6 Å². The Morgan fingerprint density at radius 2 is 1.96 bits per heavy atom. The van der Waals surface area contributed by atoms with Gasteiger partial charge in [-0.05, 0) is 30.8 Å². The molecule has 0 radical (unpaired) electrons. The van der Waals surface area contributed by atoms with E-state index in [1.54, 1.807) is 25.1 Å². The molecule has 0 aromatic heterocycles. The molecule has 1 aliphatic heterocycles. The summed E-state index contributed by atoms with van der Waals surface area (Å²) in [5.41, 5.74) is 3.03. The number of aromatic hydroxyl groups is 1. The first-order valence-electron chi connectivity index (χ1n) is 7.51. The minimum absolute atomic E-state index is 0.0594. The van der Waals surface area contributed by atoms with Crippen LogP contribution in [0.2, 0.25) is 0 Å². The van der Waals surface area contributed by atoms with Crippen LogP contribution in [0.25, 0.3) is 0 Å². The van der Waals surface area contributed by atoms with E-state index in [1.807, 2.05) is 0 Å². The third kappa shape index (κ3) is 4.40. The summed E-state index contributed by atoms with van der Waals surface area (Å²) in [5.74, 6) is 0.0795. The molecule has 6 N–H and O–H groups in total. The standard InChI is InChI=1S/C15H21N3O5S/c1-2-10-11(20)12(21)13(22)14(23-10)17-15(24)18-16-7-8-5-3-4-6-9(8)19/h3-7,10-14,19-22H,2H2,1H3,(H2,17,18,24)/b16-7+/t10-,11-,12+,13-,14-/m1/s1. The van der Waals surface area contributed by atoms with Crippen molar-refractivity contribution in [1.82, 2.24) is 10.7 Å². The van der Waals surface area contributed by atoms with Crippen LogP contribution in [0.1, 0.15) is 18.9 Å². The van der Waals surface area contributed by atoms with Crippen molar-refractivity contribution in [2.45, 2.75) is 44.0 Å². The number of aliphatic hydroxyl groups is 3. The second-order valence-corrected chi connectivity index (χ2v) is 5.79. The maximum atomic E-state index is 9.95. The van der Waals surface area contributed by atoms with Gasteiger partial charge in [-0.3, -0.25) is 5.43 Å². The summed E-state index contributed by atoms with van der Waals surface area (Å²) in [6.07, 6.45) is -3.59. The van der Waals surface area contributed by atoms with Gasteiger partial charge in [0.2, 0.25) is 0 Å². The molecule has 9 heteroatoms. The average molecular weight is 355 g/mol. The molecule has 0 unspecified atom stereocenters. The molecule has 1 heterocycles. The average Bonchev–Trinajstić information content (AvgIpc) is 2.57. The lowest BCUT2D eigenvalue weighted by atomic mass is 9.96. The molecule has 1 aliphatic rings. The van der Waals surface area contributed by atoms with Crippen LogP contribution < -0.4 is 10.7 Å². The fourth-order valence-corrected chi connectivity index (χ4v) is 2.49. The van der Waals surface area contributed by atoms with Crippen LogP contribution in [0.5, 0.6) is 5.75 Å². The Balaban J connectivity index is 1.91. The number of hydrogen-bond acceptors (Lipinski definition) is 7. The van der Waals surface area contributed by atoms with E-state index in [4.69, 9.17) is 17.0 Å². The van der Waals surface area contributed by atoms with Gasteiger partial charge in [-0.15, -0.1) is 0 Å². The van der Waals surface area contributed by atoms with Gasteiger partial charge in [0.05, 0.1) is 12.3 Å². The number of thiocarbonyl (C=S) groups is 1. The maximum Gasteiger partial charge on any atom is 0.189 e. The molecule has 1 saturated heterocycles. The molecule has 0 aliphatic carbocycles. The summed E-state index contributed by atoms with van der Waals surface area (Å²) in [4.78, 5) is 0. The van der Waals surface area contributed by atoms with E-state index in [1.165, 1.54) is 12.3 Å². The first-order valence-corrected chi connectivity index (χ1v) is 7.92. The molecule has 8 nitrogen and oxygen atoms in total. The predicted octanol–water partition coefficient (Wildman–Crippen LogP) is -0.592. The number of nitrogens with one attached hydrogen (secondary N) is 2. The molecular formula is C15H21N3O5S. The first kappa shape index (κ1) is 18.6. The van der Waals surface area contributed by atoms with Crippen molar-refractivity contribution in [1.29, 1.82) is 0 Å². The van der Waals surface area contributed by atoms with Crippen molar-refractivity contribution in [2.75, 3.05) is 0 Å². The maximum absolute atomic E-state index is 9.95. The second-order valence-electron chi connectivity index (χ2n) is 5.38. The molecule has 132 valence electrons. The number of benzene rings is 1. The van der Waals surface area contributed by atoms with Crippen LogP contribution in [0.15, 0.2) is 29.4 Å². The van der Waals surface area contributed by atoms with E-state index in [0.717, 1.165) is 0 Å². The Kier molecular flexibility index (Phi) is 6.46. The van der Waals surface area contributed by atoms with E-state index in [0.29, 0.717) is 12.0 Å². The number of phenols is 1. The van der Waals surface area contributed by atoms with Crippen LogP contribution >= 0.6 is 12.2 Å². The molecule has 1 fully saturated rings. The van der Waals surface area contributed by atoms with Crippen molar-refractivity contribution in [3.8, 4) is 5.75 Å². The van der Waals surface area contributed by atoms with Gasteiger partial charge >= 0.3 is 0 Å². The normalized spacial score (nSPS) is 30.2. The third-order valence-electron chi connectivity index (χ3n) is 3.69. The van der Waals surface area contributed by atoms with Gasteiger partial charge in [0.1, 0.15) is 24.1 Å². The third-order valence-corrected chi connectivity index (χ3v) is 3.90. The van der Waals surface area contributed by atoms with Crippen molar-refractivity contribution < 1.29 is 25.2 Å². The highest BCUT2D eigenvalue weighted by atomic mass is 32.1. The van der Waals surface area contributed by atoms with Crippen LogP contribution in [-0.4, -0.2) is 62.4 Å². The van der Waals surface area contributed by atoms with Crippen LogP contribution in [0.3, 0.4) is 0 Å². The highest BCUT2D eigenvalue weighted by Gasteiger charge is 2.43. The summed E-state index contributed by atoms with van der Waals surface area (Å²) in [6, 6.07) is 6.65. The highest BCUT2D eigenvalue weighted by molar-refractivity contribution is 7.80. The molecule has 1 aromatic rings. The highest BCUT2D eigenvalue weighted by Crippen LogP contribution is 2.21. The van der Waals surface area contributed by atoms with Crippen LogP contribution in [0, 0.1) is 0 Å². The summed E-state index contributed by atoms with van der Waals surface area (Å²) in [7, 11) is 0. The van der Waals surface area contributed by atoms with Gasteiger partial charge in [0.15, 0.2) is 11.3 Å². The molecule has 0 spiro atoms. The minimum Gasteiger partial charge on any atom is -0.507 e. The summed E-state index contributed by atoms with van der Waals surface area (Å²) in [5, 5.41) is 45.8. The van der Waals surface area contributed by atoms with Crippen LogP contribution in [-0.2, 0) is 4.74 Å². The summed E-state index contributed by atoms with van der Waals surface area (Å²) < 4.78 is 5.49. The molecule has 5 atom stereocenters. The first-order chi connectivity index (χ1) is 11.4. The topological polar surface area (TPSA) is 127 Å². The number of hydrogen-bond donors (Lipinski definition) is 6. The van der Waals surface area contributed by atoms with Gasteiger partial charge in [0.25, 0.3) is 0 Å². The lowest BCUT2D eigenvalue weighted by Gasteiger charge is -2.40. The van der Waals surface area contributed by atoms with Gasteiger partial charge in [-0.1, -0.05) is 19.1 Å². The number of nitrogens with zero attached hydrogens (tertiary/aromatic N) is 1. The number of ether oxygens (including phenoxy) is 1. The van der Waals surface area contributed by atoms with E-state index in [2.05, 4.69) is 15.8 Å². The van der Waals surface area contributed by atoms with Gasteiger partial charge in [-0.25, -0.2) is 0 Å². The minimum atomic E-state index is -1.34. The summed E-state index contributed by atoms with van der Waals surface area (Å²) in [6.45, 7) is 1.79. The van der Waals surface area contributed by atoms with E-state index >= 15 is 0 Å². The Hall–Kier alpha value is -1.78. The lowest BCUT2D eigenvalue weighted by Crippen LogP contribution is -2.62. The van der Waals surface area contributed by atoms with E-state index in [9.17, 15) is 20.4 Å². The largest absolute Gasteiger partial charge is 0.507 e. The molecule has 0 saturated carbocycles. The Labute approximate surface area is 144 Å². The number of rotatable bonds is 4. The summed E-state index contributed by atoms with van der Waals surface area (Å²) >= 11 is 5.05. The van der Waals surface area contributed by atoms with Crippen molar-refractivity contribution in [3.05, 3.63) is 29.8 Å². The molecular weight excluding hydrogens is 334 g/mol. The molecule has 2 rings (SSSR count). The number of hydrazone groups is 1. The van der Waals surface area contributed by atoms with E-state index in [-0.39, 0.29) is 10.9 Å². The second kappa shape index (κ2) is 8.36. The quantitative estimate of drug-likeness (QED) is 0.240. The number of aliphatic hydroxyl groups excluding tert-OH is 3. The predicted molar refractivity (Wildman–Crippen MR) is 91.5 cm³/mol. The van der Waals surface area contributed by atoms with Crippen LogP contribution in [0.4, 0.5) is 0 Å². The van der Waals surface area contributed by atoms with Crippen molar-refractivity contribution >= 4 is 23.5 Å². The molecule has 24 heavy (non-hydrogen) atoms. The number of phenolic OH excluding ortho intramolecular Hbond substituents is 1. The zero-order chi connectivity index (χ0) is 17.7. The van der Waals surface area contributed by atoms with Crippen molar-refractivity contribution in [2.24, 2.45) is 5.10 Å². The van der Waals surface area contributed by atoms with Gasteiger partial charge < -0.3 is 30.5 Å². The Morgan fingerprint density at radius 3 is 2.62 bits per heavy atom. The lowest BCUT2D eigenvalue weighted by molar-refractivity contribution is -0.225. The fourth-order valence-electron chi connectivity index (χ4n) is 2.33. The fraction of sp³-hybridized carbons (Fsp3) is 0.467. The Bertz CT molecular complexity index is 598. The molecule has 0 bridgehead atoms. The zero-order valence-corrected chi connectivity index (χ0v) is 13.8. The van der Waals surface area contributed by atoms with Gasteiger partial charge in [0, 0.05) is 5.56 Å². The number of para-hydroxylation sites is 1. The smallest absolute Gasteiger partial charge is 0.189 e.